The molecule has 5 atom stereocenters. The van der Waals surface area contributed by atoms with Gasteiger partial charge in [0.25, 0.3) is 10.1 Å². The number of carbonyl (C=O) groups is 6. The maximum Gasteiger partial charge on any atom is 0.341 e. The molecule has 19 heteroatoms. The molecular weight excluding hydrogens is 911 g/mol. The second-order valence-corrected chi connectivity index (χ2v) is 20.1. The van der Waals surface area contributed by atoms with Gasteiger partial charge in [-0.3, -0.25) is 33.1 Å². The minimum absolute atomic E-state index is 0.0170. The standard InChI is InChI=1S/C50H69N5O13S/c1-32(2)24-40(46(59)50(7,63)31-68-69(64,65)45-34(5)26-38(27-35(45)6)67-30-44(57)58)52-49(62)42(28-37-16-12-9-13-17-37)54-48(61)41(25-33(3)4)53-47(60)39(19-18-36-14-10-8-11-15-36)51-43(56)29-55-20-22-66-23-21-55/h8-17,26-27,32-33,39-42,63H,18-25,28-31H2,1-7H3,(H,51,56)(H,52,62)(H,53,60)(H,54,61)(H,57,58). The molecule has 1 saturated heterocycles. The van der Waals surface area contributed by atoms with Gasteiger partial charge in [-0.2, -0.15) is 8.42 Å². The fourth-order valence-corrected chi connectivity index (χ4v) is 9.35. The van der Waals surface area contributed by atoms with Crippen LogP contribution in [0.5, 0.6) is 5.75 Å². The summed E-state index contributed by atoms with van der Waals surface area (Å²) in [5.41, 5.74) is -0.498. The Morgan fingerprint density at radius 2 is 1.25 bits per heavy atom. The maximum atomic E-state index is 14.4. The van der Waals surface area contributed by atoms with Crippen molar-refractivity contribution in [3.05, 3.63) is 95.1 Å². The Kier molecular flexibility index (Phi) is 21.3. The van der Waals surface area contributed by atoms with Crippen molar-refractivity contribution in [2.75, 3.05) is 46.1 Å². The molecular formula is C50H69N5O13S. The molecule has 0 bridgehead atoms. The predicted octanol–water partition coefficient (Wildman–Crippen LogP) is 3.03. The summed E-state index contributed by atoms with van der Waals surface area (Å²) in [6.45, 7) is 11.8. The minimum Gasteiger partial charge on any atom is -0.482 e. The highest BCUT2D eigenvalue weighted by Crippen LogP contribution is 2.28. The normalized spacial score (nSPS) is 15.8. The van der Waals surface area contributed by atoms with E-state index in [4.69, 9.17) is 18.8 Å². The molecule has 3 aromatic rings. The monoisotopic (exact) mass is 979 g/mol. The van der Waals surface area contributed by atoms with Crippen molar-refractivity contribution in [2.45, 2.75) is 115 Å². The van der Waals surface area contributed by atoms with E-state index in [9.17, 15) is 42.3 Å². The number of morpholine rings is 1. The van der Waals surface area contributed by atoms with Crippen LogP contribution < -0.4 is 26.0 Å². The van der Waals surface area contributed by atoms with Gasteiger partial charge in [-0.15, -0.1) is 0 Å². The number of ether oxygens (including phenoxy) is 2. The number of carbonyl (C=O) groups excluding carboxylic acids is 5. The van der Waals surface area contributed by atoms with Crippen LogP contribution in [-0.2, 0) is 60.6 Å². The van der Waals surface area contributed by atoms with E-state index in [1.54, 1.807) is 44.2 Å². The average molecular weight is 980 g/mol. The maximum absolute atomic E-state index is 14.4. The van der Waals surface area contributed by atoms with Crippen LogP contribution in [0.3, 0.4) is 0 Å². The number of hydrogen-bond donors (Lipinski definition) is 6. The number of aliphatic hydroxyl groups is 1. The van der Waals surface area contributed by atoms with Gasteiger partial charge in [-0.1, -0.05) is 88.4 Å². The average Bonchev–Trinajstić information content (AvgIpc) is 3.28. The lowest BCUT2D eigenvalue weighted by molar-refractivity contribution is -0.143. The summed E-state index contributed by atoms with van der Waals surface area (Å²) in [4.78, 5) is 83.1. The van der Waals surface area contributed by atoms with E-state index < -0.39 is 82.6 Å². The summed E-state index contributed by atoms with van der Waals surface area (Å²) in [6, 6.07) is 16.1. The van der Waals surface area contributed by atoms with Gasteiger partial charge in [0.15, 0.2) is 12.4 Å². The first kappa shape index (κ1) is 55.9. The first-order valence-electron chi connectivity index (χ1n) is 23.2. The number of benzene rings is 3. The van der Waals surface area contributed by atoms with E-state index >= 15 is 0 Å². The molecule has 5 unspecified atom stereocenters. The van der Waals surface area contributed by atoms with E-state index in [0.29, 0.717) is 38.3 Å². The van der Waals surface area contributed by atoms with Crippen molar-refractivity contribution in [1.29, 1.82) is 0 Å². The van der Waals surface area contributed by atoms with Crippen LogP contribution in [0.25, 0.3) is 0 Å². The molecule has 4 rings (SSSR count). The largest absolute Gasteiger partial charge is 0.482 e. The number of carboxylic acids is 1. The van der Waals surface area contributed by atoms with Crippen LogP contribution in [-0.4, -0.2) is 135 Å². The Balaban J connectivity index is 1.55. The predicted molar refractivity (Wildman–Crippen MR) is 257 cm³/mol. The van der Waals surface area contributed by atoms with E-state index in [1.165, 1.54) is 26.0 Å². The van der Waals surface area contributed by atoms with Crippen LogP contribution in [0.2, 0.25) is 0 Å². The SMILES string of the molecule is Cc1cc(OCC(=O)O)cc(C)c1S(=O)(=O)OCC(C)(O)C(=O)C(CC(C)C)NC(=O)C(Cc1ccccc1)NC(=O)C(CC(C)C)NC(=O)C(CCc1ccccc1)NC(=O)CN1CCOCC1. The Morgan fingerprint density at radius 1 is 0.739 bits per heavy atom. The number of nitrogens with zero attached hydrogens (tertiary/aromatic N) is 1. The zero-order chi connectivity index (χ0) is 50.9. The second-order valence-electron chi connectivity index (χ2n) is 18.6. The Bertz CT molecular complexity index is 2300. The van der Waals surface area contributed by atoms with E-state index in [0.717, 1.165) is 12.5 Å². The lowest BCUT2D eigenvalue weighted by atomic mass is 9.90. The Morgan fingerprint density at radius 3 is 1.81 bits per heavy atom. The van der Waals surface area contributed by atoms with Crippen molar-refractivity contribution >= 4 is 45.5 Å². The molecule has 1 fully saturated rings. The minimum atomic E-state index is -4.61. The number of Topliss-reactive ketones (excluding diaryl/α,β-unsaturated/α-hetero) is 1. The van der Waals surface area contributed by atoms with Crippen LogP contribution in [0.1, 0.15) is 76.1 Å². The van der Waals surface area contributed by atoms with Gasteiger partial charge in [0.2, 0.25) is 23.6 Å². The molecule has 0 radical (unpaired) electrons. The molecule has 4 amide bonds. The highest BCUT2D eigenvalue weighted by atomic mass is 32.2. The van der Waals surface area contributed by atoms with Gasteiger partial charge in [-0.25, -0.2) is 4.79 Å². The van der Waals surface area contributed by atoms with Crippen LogP contribution in [0, 0.1) is 25.7 Å². The number of aryl methyl sites for hydroxylation is 3. The summed E-state index contributed by atoms with van der Waals surface area (Å²) in [7, 11) is -4.61. The molecule has 0 saturated carbocycles. The lowest BCUT2D eigenvalue weighted by Crippen LogP contribution is -2.60. The molecule has 0 aliphatic carbocycles. The van der Waals surface area contributed by atoms with Crippen molar-refractivity contribution < 1.29 is 61.1 Å². The summed E-state index contributed by atoms with van der Waals surface area (Å²) in [5.74, 6) is -4.77. The molecule has 0 aromatic heterocycles. The van der Waals surface area contributed by atoms with Gasteiger partial charge < -0.3 is 41.0 Å². The third kappa shape index (κ3) is 18.3. The molecule has 378 valence electrons. The van der Waals surface area contributed by atoms with Crippen LogP contribution >= 0.6 is 0 Å². The number of hydrogen-bond acceptors (Lipinski definition) is 13. The lowest BCUT2D eigenvalue weighted by Gasteiger charge is -2.30. The fourth-order valence-electron chi connectivity index (χ4n) is 7.94. The Hall–Kier alpha value is -5.73. The number of amides is 4. The molecule has 0 spiro atoms. The number of aliphatic carboxylic acids is 1. The smallest absolute Gasteiger partial charge is 0.341 e. The van der Waals surface area contributed by atoms with Gasteiger partial charge >= 0.3 is 5.97 Å². The third-order valence-corrected chi connectivity index (χ3v) is 12.9. The molecule has 6 N–H and O–H groups in total. The highest BCUT2D eigenvalue weighted by Gasteiger charge is 2.40. The number of nitrogens with one attached hydrogen (secondary N) is 4. The number of rotatable bonds is 27. The summed E-state index contributed by atoms with van der Waals surface area (Å²) < 4.78 is 42.9. The molecule has 3 aromatic carbocycles. The van der Waals surface area contributed by atoms with Gasteiger partial charge in [0.05, 0.1) is 25.8 Å². The zero-order valence-electron chi connectivity index (χ0n) is 40.6. The van der Waals surface area contributed by atoms with Crippen molar-refractivity contribution in [3.8, 4) is 5.75 Å². The summed E-state index contributed by atoms with van der Waals surface area (Å²) in [5, 5.41) is 31.7. The van der Waals surface area contributed by atoms with E-state index in [1.807, 2.05) is 49.1 Å². The molecule has 18 nitrogen and oxygen atoms in total. The van der Waals surface area contributed by atoms with Crippen LogP contribution in [0.4, 0.5) is 0 Å². The highest BCUT2D eigenvalue weighted by molar-refractivity contribution is 7.86. The van der Waals surface area contributed by atoms with Gasteiger partial charge in [0.1, 0.15) is 41.0 Å². The fraction of sp³-hybridized carbons (Fsp3) is 0.520. The Labute approximate surface area is 405 Å². The molecule has 1 aliphatic heterocycles. The van der Waals surface area contributed by atoms with Crippen LogP contribution in [0.15, 0.2) is 77.7 Å². The second kappa shape index (κ2) is 26.3. The van der Waals surface area contributed by atoms with Crippen molar-refractivity contribution in [3.63, 3.8) is 0 Å². The van der Waals surface area contributed by atoms with Crippen molar-refractivity contribution in [1.82, 2.24) is 26.2 Å². The first-order valence-corrected chi connectivity index (χ1v) is 24.7. The number of carboxylic acid groups (broad SMARTS) is 1. The van der Waals surface area contributed by atoms with Gasteiger partial charge in [-0.05, 0) is 92.7 Å². The zero-order valence-corrected chi connectivity index (χ0v) is 41.4. The third-order valence-electron chi connectivity index (χ3n) is 11.4. The van der Waals surface area contributed by atoms with Crippen molar-refractivity contribution in [2.24, 2.45) is 11.8 Å². The molecule has 1 aliphatic rings. The summed E-state index contributed by atoms with van der Waals surface area (Å²) >= 11 is 0. The summed E-state index contributed by atoms with van der Waals surface area (Å²) in [6.07, 6.45) is 0.860. The number of ketones is 1. The quantitative estimate of drug-likeness (QED) is 0.0601. The van der Waals surface area contributed by atoms with E-state index in [-0.39, 0.29) is 71.7 Å². The van der Waals surface area contributed by atoms with E-state index in [2.05, 4.69) is 21.3 Å². The molecule has 1 heterocycles. The van der Waals surface area contributed by atoms with Gasteiger partial charge in [0, 0.05) is 19.5 Å². The topological polar surface area (TPSA) is 256 Å². The molecule has 69 heavy (non-hydrogen) atoms. The first-order chi connectivity index (χ1) is 32.5.